The molecule has 2 fully saturated rings. The first-order valence-electron chi connectivity index (χ1n) is 6.26. The second-order valence-corrected chi connectivity index (χ2v) is 5.32. The molecule has 2 aliphatic carbocycles. The summed E-state index contributed by atoms with van der Waals surface area (Å²) in [6, 6.07) is 0.00488. The van der Waals surface area contributed by atoms with Crippen LogP contribution in [0.25, 0.3) is 0 Å². The van der Waals surface area contributed by atoms with Gasteiger partial charge in [0.15, 0.2) is 0 Å². The number of carbonyl (C=O) groups excluding carboxylic acids is 1. The fraction of sp³-hybridized carbons (Fsp3) is 0.917. The molecule has 0 aromatic carbocycles. The summed E-state index contributed by atoms with van der Waals surface area (Å²) in [4.78, 5) is 14.0. The first-order valence-corrected chi connectivity index (χ1v) is 6.26. The highest BCUT2D eigenvalue weighted by Gasteiger charge is 2.51. The Morgan fingerprint density at radius 2 is 2.06 bits per heavy atom. The van der Waals surface area contributed by atoms with Gasteiger partial charge in [-0.15, -0.1) is 0 Å². The lowest BCUT2D eigenvalue weighted by molar-refractivity contribution is -0.140. The summed E-state index contributed by atoms with van der Waals surface area (Å²) in [5.74, 6) is 0.140. The summed E-state index contributed by atoms with van der Waals surface area (Å²) in [5.41, 5.74) is 5.38. The third-order valence-corrected chi connectivity index (χ3v) is 4.21. The van der Waals surface area contributed by atoms with Crippen LogP contribution in [0.4, 0.5) is 0 Å². The highest BCUT2D eigenvalue weighted by atomic mass is 16.3. The zero-order chi connectivity index (χ0) is 11.8. The van der Waals surface area contributed by atoms with Crippen LogP contribution in [0.15, 0.2) is 0 Å². The van der Waals surface area contributed by atoms with E-state index < -0.39 is 0 Å². The molecule has 0 spiro atoms. The lowest BCUT2D eigenvalue weighted by Gasteiger charge is -2.37. The summed E-state index contributed by atoms with van der Waals surface area (Å²) in [5, 5.41) is 9.92. The molecule has 0 radical (unpaired) electrons. The molecule has 2 atom stereocenters. The van der Waals surface area contributed by atoms with Gasteiger partial charge in [0.05, 0.1) is 17.6 Å². The zero-order valence-electron chi connectivity index (χ0n) is 9.98. The number of carbonyl (C=O) groups is 1. The summed E-state index contributed by atoms with van der Waals surface area (Å²) in [6.45, 7) is 0.443. The van der Waals surface area contributed by atoms with Gasteiger partial charge in [0.2, 0.25) is 5.91 Å². The molecule has 0 aliphatic heterocycles. The van der Waals surface area contributed by atoms with Gasteiger partial charge >= 0.3 is 0 Å². The van der Waals surface area contributed by atoms with E-state index in [0.717, 1.165) is 38.5 Å². The van der Waals surface area contributed by atoms with Crippen LogP contribution in [0.3, 0.4) is 0 Å². The number of hydrogen-bond acceptors (Lipinski definition) is 3. The molecule has 92 valence electrons. The van der Waals surface area contributed by atoms with E-state index in [9.17, 15) is 9.90 Å². The molecule has 2 saturated carbocycles. The van der Waals surface area contributed by atoms with Gasteiger partial charge < -0.3 is 15.7 Å². The molecule has 0 aromatic rings. The van der Waals surface area contributed by atoms with Gasteiger partial charge in [-0.1, -0.05) is 12.8 Å². The Balaban J connectivity index is 2.00. The van der Waals surface area contributed by atoms with Crippen molar-refractivity contribution in [2.24, 2.45) is 11.1 Å². The maximum absolute atomic E-state index is 12.2. The molecule has 0 saturated heterocycles. The predicted molar refractivity (Wildman–Crippen MR) is 61.8 cm³/mol. The molecule has 2 unspecified atom stereocenters. The Morgan fingerprint density at radius 1 is 1.44 bits per heavy atom. The van der Waals surface area contributed by atoms with Crippen molar-refractivity contribution in [3.8, 4) is 0 Å². The molecular formula is C12H22N2O2. The first-order chi connectivity index (χ1) is 7.60. The monoisotopic (exact) mass is 226 g/mol. The predicted octanol–water partition coefficient (Wildman–Crippen LogP) is 0.487. The van der Waals surface area contributed by atoms with Gasteiger partial charge in [-0.3, -0.25) is 4.79 Å². The first kappa shape index (κ1) is 11.9. The Labute approximate surface area is 96.8 Å². The van der Waals surface area contributed by atoms with Crippen LogP contribution >= 0.6 is 0 Å². The molecule has 0 heterocycles. The standard InChI is InChI=1S/C12H22N2O2/c1-14(9-4-2-3-5-10(9)15)11(16)12(8-13)6-7-12/h9-10,15H,2-8,13H2,1H3. The SMILES string of the molecule is CN(C(=O)C1(CN)CC1)C1CCCCC1O. The average Bonchev–Trinajstić information content (AvgIpc) is 3.09. The van der Waals surface area contributed by atoms with Crippen molar-refractivity contribution in [1.29, 1.82) is 0 Å². The lowest BCUT2D eigenvalue weighted by atomic mass is 9.90. The number of aliphatic hydroxyl groups is 1. The third kappa shape index (κ3) is 1.96. The number of likely N-dealkylation sites (N-methyl/N-ethyl adjacent to an activating group) is 1. The second kappa shape index (κ2) is 4.34. The molecule has 0 bridgehead atoms. The fourth-order valence-electron chi connectivity index (χ4n) is 2.72. The molecule has 16 heavy (non-hydrogen) atoms. The van der Waals surface area contributed by atoms with Gasteiger partial charge in [0.1, 0.15) is 0 Å². The lowest BCUT2D eigenvalue weighted by Crippen LogP contribution is -2.50. The van der Waals surface area contributed by atoms with Crippen LogP contribution in [-0.2, 0) is 4.79 Å². The molecule has 2 aliphatic rings. The molecule has 1 amide bonds. The van der Waals surface area contributed by atoms with Gasteiger partial charge in [0.25, 0.3) is 0 Å². The summed E-state index contributed by atoms with van der Waals surface area (Å²) in [7, 11) is 1.82. The van der Waals surface area contributed by atoms with E-state index in [1.165, 1.54) is 0 Å². The molecule has 2 rings (SSSR count). The normalized spacial score (nSPS) is 32.2. The van der Waals surface area contributed by atoms with Gasteiger partial charge in [-0.25, -0.2) is 0 Å². The Kier molecular flexibility index (Phi) is 3.22. The van der Waals surface area contributed by atoms with Crippen LogP contribution in [0, 0.1) is 5.41 Å². The molecular weight excluding hydrogens is 204 g/mol. The smallest absolute Gasteiger partial charge is 0.230 e. The van der Waals surface area contributed by atoms with Crippen LogP contribution in [-0.4, -0.2) is 41.7 Å². The van der Waals surface area contributed by atoms with Gasteiger partial charge in [-0.05, 0) is 25.7 Å². The molecule has 4 heteroatoms. The minimum atomic E-state index is -0.351. The van der Waals surface area contributed by atoms with Crippen molar-refractivity contribution in [1.82, 2.24) is 4.90 Å². The summed E-state index contributed by atoms with van der Waals surface area (Å²) >= 11 is 0. The molecule has 0 aromatic heterocycles. The number of aliphatic hydroxyl groups excluding tert-OH is 1. The largest absolute Gasteiger partial charge is 0.391 e. The van der Waals surface area contributed by atoms with Crippen molar-refractivity contribution in [2.45, 2.75) is 50.7 Å². The minimum absolute atomic E-state index is 0.00488. The number of nitrogens with zero attached hydrogens (tertiary/aromatic N) is 1. The van der Waals surface area contributed by atoms with Gasteiger partial charge in [0, 0.05) is 13.6 Å². The molecule has 3 N–H and O–H groups in total. The highest BCUT2D eigenvalue weighted by molar-refractivity contribution is 5.85. The second-order valence-electron chi connectivity index (χ2n) is 5.32. The number of nitrogens with two attached hydrogens (primary N) is 1. The number of hydrogen-bond donors (Lipinski definition) is 2. The maximum Gasteiger partial charge on any atom is 0.230 e. The quantitative estimate of drug-likeness (QED) is 0.736. The number of rotatable bonds is 3. The molecule has 4 nitrogen and oxygen atoms in total. The van der Waals surface area contributed by atoms with E-state index in [0.29, 0.717) is 6.54 Å². The van der Waals surface area contributed by atoms with E-state index in [1.54, 1.807) is 4.90 Å². The van der Waals surface area contributed by atoms with Crippen LogP contribution in [0.5, 0.6) is 0 Å². The van der Waals surface area contributed by atoms with E-state index in [-0.39, 0.29) is 23.5 Å². The van der Waals surface area contributed by atoms with E-state index in [2.05, 4.69) is 0 Å². The van der Waals surface area contributed by atoms with Crippen molar-refractivity contribution in [3.05, 3.63) is 0 Å². The highest BCUT2D eigenvalue weighted by Crippen LogP contribution is 2.46. The minimum Gasteiger partial charge on any atom is -0.391 e. The Morgan fingerprint density at radius 3 is 2.56 bits per heavy atom. The van der Waals surface area contributed by atoms with Crippen molar-refractivity contribution in [2.75, 3.05) is 13.6 Å². The Hall–Kier alpha value is -0.610. The van der Waals surface area contributed by atoms with Crippen LogP contribution in [0.2, 0.25) is 0 Å². The Bertz CT molecular complexity index is 276. The zero-order valence-corrected chi connectivity index (χ0v) is 9.98. The van der Waals surface area contributed by atoms with E-state index in [1.807, 2.05) is 7.05 Å². The summed E-state index contributed by atoms with van der Waals surface area (Å²) in [6.07, 6.45) is 5.39. The van der Waals surface area contributed by atoms with Gasteiger partial charge in [-0.2, -0.15) is 0 Å². The fourth-order valence-corrected chi connectivity index (χ4v) is 2.72. The van der Waals surface area contributed by atoms with E-state index >= 15 is 0 Å². The van der Waals surface area contributed by atoms with Crippen molar-refractivity contribution in [3.63, 3.8) is 0 Å². The topological polar surface area (TPSA) is 66.6 Å². The van der Waals surface area contributed by atoms with E-state index in [4.69, 9.17) is 5.73 Å². The summed E-state index contributed by atoms with van der Waals surface area (Å²) < 4.78 is 0. The average molecular weight is 226 g/mol. The van der Waals surface area contributed by atoms with Crippen LogP contribution < -0.4 is 5.73 Å². The van der Waals surface area contributed by atoms with Crippen LogP contribution in [0.1, 0.15) is 38.5 Å². The maximum atomic E-state index is 12.2. The van der Waals surface area contributed by atoms with Crippen molar-refractivity contribution < 1.29 is 9.90 Å². The third-order valence-electron chi connectivity index (χ3n) is 4.21. The van der Waals surface area contributed by atoms with Crippen molar-refractivity contribution >= 4 is 5.91 Å². The number of amides is 1.